The Labute approximate surface area is 410 Å². The van der Waals surface area contributed by atoms with Crippen molar-refractivity contribution in [3.05, 3.63) is 29.8 Å². The number of likely N-dealkylation sites (tertiary alicyclic amines) is 1. The smallest absolute Gasteiger partial charge is 0.246 e. The van der Waals surface area contributed by atoms with Gasteiger partial charge in [-0.15, -0.1) is 0 Å². The zero-order valence-corrected chi connectivity index (χ0v) is 40.2. The molecule has 1 aromatic rings. The third-order valence-electron chi connectivity index (χ3n) is 11.5. The lowest BCUT2D eigenvalue weighted by atomic mass is 9.96. The number of thioether (sulfide) groups is 1. The van der Waals surface area contributed by atoms with Crippen LogP contribution in [0.2, 0.25) is 0 Å². The lowest BCUT2D eigenvalue weighted by molar-refractivity contribution is -0.142. The number of ether oxygens (including phenoxy) is 1. The van der Waals surface area contributed by atoms with E-state index < -0.39 is 152 Å². The van der Waals surface area contributed by atoms with Crippen LogP contribution in [0, 0.1) is 11.8 Å². The van der Waals surface area contributed by atoms with Crippen LogP contribution in [0.1, 0.15) is 95.1 Å². The van der Waals surface area contributed by atoms with Gasteiger partial charge in [0.2, 0.25) is 65.0 Å². The molecule has 0 saturated carbocycles. The minimum atomic E-state index is -2.53. The van der Waals surface area contributed by atoms with Gasteiger partial charge >= 0.3 is 0 Å². The van der Waals surface area contributed by atoms with Crippen LogP contribution in [-0.4, -0.2) is 144 Å². The number of nitrogens with zero attached hydrogens (tertiary/aromatic N) is 1. The van der Waals surface area contributed by atoms with Gasteiger partial charge in [-0.25, -0.2) is 0 Å². The second kappa shape index (κ2) is 28.1. The molecule has 2 aliphatic heterocycles. The number of benzene rings is 1. The molecule has 0 radical (unpaired) electrons. The third kappa shape index (κ3) is 18.9. The summed E-state index contributed by atoms with van der Waals surface area (Å²) in [5.74, 6) is -10.6. The molecule has 382 valence electrons. The molecule has 1 unspecified atom stereocenters. The van der Waals surface area contributed by atoms with E-state index >= 15 is 0 Å². The first-order valence-corrected chi connectivity index (χ1v) is 23.9. The quantitative estimate of drug-likeness (QED) is 0.0728. The summed E-state index contributed by atoms with van der Waals surface area (Å²) < 4.78 is 28.6. The highest BCUT2D eigenvalue weighted by Gasteiger charge is 2.40. The number of nitrogens with two attached hydrogens (primary N) is 3. The Morgan fingerprint density at radius 1 is 0.855 bits per heavy atom. The molecule has 13 N–H and O–H groups in total. The van der Waals surface area contributed by atoms with E-state index in [-0.39, 0.29) is 56.6 Å². The van der Waals surface area contributed by atoms with Crippen molar-refractivity contribution >= 4 is 76.7 Å². The molecule has 9 atom stereocenters. The van der Waals surface area contributed by atoms with Gasteiger partial charge in [-0.05, 0) is 67.4 Å². The second-order valence-corrected chi connectivity index (χ2v) is 18.3. The zero-order chi connectivity index (χ0) is 53.9. The number of primary amides is 3. The fourth-order valence-electron chi connectivity index (χ4n) is 7.57. The Morgan fingerprint density at radius 2 is 1.52 bits per heavy atom. The highest BCUT2D eigenvalue weighted by Crippen LogP contribution is 2.22. The minimum Gasteiger partial charge on any atom is -0.497 e. The van der Waals surface area contributed by atoms with Gasteiger partial charge in [0.05, 0.1) is 20.1 Å². The van der Waals surface area contributed by atoms with Gasteiger partial charge in [0.15, 0.2) is 0 Å². The van der Waals surface area contributed by atoms with Crippen LogP contribution in [0.4, 0.5) is 0 Å². The molecule has 2 heterocycles. The lowest BCUT2D eigenvalue weighted by Gasteiger charge is -2.31. The average molecular weight is 991 g/mol. The summed E-state index contributed by atoms with van der Waals surface area (Å²) in [6.45, 7) is 1.64. The van der Waals surface area contributed by atoms with Gasteiger partial charge < -0.3 is 64.1 Å². The van der Waals surface area contributed by atoms with Crippen molar-refractivity contribution in [1.29, 1.82) is 0 Å². The Bertz CT molecular complexity index is 2140. The molecule has 0 aliphatic carbocycles. The van der Waals surface area contributed by atoms with Crippen molar-refractivity contribution in [2.45, 2.75) is 134 Å². The lowest BCUT2D eigenvalue weighted by Crippen LogP contribution is -2.61. The van der Waals surface area contributed by atoms with Gasteiger partial charge in [-0.2, -0.15) is 11.8 Å². The zero-order valence-electron chi connectivity index (χ0n) is 42.4. The van der Waals surface area contributed by atoms with Crippen LogP contribution in [0.5, 0.6) is 5.75 Å². The molecule has 0 bridgehead atoms. The summed E-state index contributed by atoms with van der Waals surface area (Å²) in [5, 5.41) is 17.7. The Morgan fingerprint density at radius 3 is 2.14 bits per heavy atom. The molecule has 2 fully saturated rings. The molecule has 11 amide bonds. The van der Waals surface area contributed by atoms with Crippen molar-refractivity contribution in [2.75, 3.05) is 31.7 Å². The number of amides is 11. The number of hydrogen-bond acceptors (Lipinski definition) is 13. The summed E-state index contributed by atoms with van der Waals surface area (Å²) in [4.78, 5) is 148. The van der Waals surface area contributed by atoms with Crippen molar-refractivity contribution in [1.82, 2.24) is 42.1 Å². The minimum absolute atomic E-state index is 0.000426. The number of carbonyl (C=O) groups is 11. The highest BCUT2D eigenvalue weighted by atomic mass is 32.2. The van der Waals surface area contributed by atoms with Crippen molar-refractivity contribution in [3.63, 3.8) is 0 Å². The fourth-order valence-corrected chi connectivity index (χ4v) is 8.54. The largest absolute Gasteiger partial charge is 0.497 e. The Balaban J connectivity index is 2.04. The monoisotopic (exact) mass is 991 g/mol. The molecular formula is C45H69N11O12S. The molecule has 0 aromatic heterocycles. The molecule has 2 aliphatic rings. The predicted octanol–water partition coefficient (Wildman–Crippen LogP) is -2.50. The van der Waals surface area contributed by atoms with E-state index in [9.17, 15) is 52.7 Å². The predicted molar refractivity (Wildman–Crippen MR) is 253 cm³/mol. The van der Waals surface area contributed by atoms with E-state index in [1.54, 1.807) is 38.1 Å². The summed E-state index contributed by atoms with van der Waals surface area (Å²) >= 11 is 1.13. The molecule has 69 heavy (non-hydrogen) atoms. The maximum Gasteiger partial charge on any atom is 0.246 e. The summed E-state index contributed by atoms with van der Waals surface area (Å²) in [7, 11) is 1.49. The fraction of sp³-hybridized carbons (Fsp3) is 0.622. The van der Waals surface area contributed by atoms with Crippen molar-refractivity contribution in [2.24, 2.45) is 29.0 Å². The highest BCUT2D eigenvalue weighted by molar-refractivity contribution is 7.99. The first kappa shape index (κ1) is 51.9. The van der Waals surface area contributed by atoms with Gasteiger partial charge in [-0.3, -0.25) is 52.7 Å². The average Bonchev–Trinajstić information content (AvgIpc) is 3.82. The molecule has 24 heteroatoms. The maximum atomic E-state index is 14.5. The molecule has 23 nitrogen and oxygen atoms in total. The number of carbonyl (C=O) groups excluding carboxylic acids is 11. The Kier molecular flexibility index (Phi) is 21.2. The van der Waals surface area contributed by atoms with E-state index in [0.29, 0.717) is 17.7 Å². The normalized spacial score (nSPS) is 24.4. The molecule has 0 spiro atoms. The number of methoxy groups -OCH3 is 1. The first-order valence-electron chi connectivity index (χ1n) is 24.3. The van der Waals surface area contributed by atoms with Crippen molar-refractivity contribution in [3.8, 4) is 5.75 Å². The van der Waals surface area contributed by atoms with E-state index in [0.717, 1.165) is 16.7 Å². The topological polar surface area (TPSA) is 363 Å². The van der Waals surface area contributed by atoms with Crippen LogP contribution in [0.3, 0.4) is 0 Å². The number of hydrogen-bond donors (Lipinski definition) is 10. The standard InChI is InChI=1S/C45H69N11O12S/c1-6-25(4)38-44(66)51-28(15-16-34(46)57)40(62)52-31(21-35(47)58)41(63)54-32(23-69-18-8-10-37(60)50-30(42(64)55-38)20-26-11-13-27(68-5)14-12-26)45(67)56-17-7-9-33(56)43(65)53-29(19-24(2)3)39(61)49-22-36(48)59/h11-14,24-25,28-33,38H,6-10,15-23H2,1-5H3,(H2,46,57)(H2,47,58)(H2,48,59)(H,49,61)(H,50,60)(H,51,66)(H,52,62)(H,53,65)(H,54,63)(H,55,64)/t25-,28-,29-,30-,31-,32-,33-,38-/m0/s1/i2D3/t24?,25-,28-,29-,30-,31-,32-,33-,38-. The van der Waals surface area contributed by atoms with E-state index in [1.165, 1.54) is 14.0 Å². The van der Waals surface area contributed by atoms with Gasteiger partial charge in [0, 0.05) is 35.7 Å². The van der Waals surface area contributed by atoms with Crippen LogP contribution >= 0.6 is 11.8 Å². The van der Waals surface area contributed by atoms with Gasteiger partial charge in [-0.1, -0.05) is 46.2 Å². The molecule has 3 rings (SSSR count). The number of nitrogens with one attached hydrogen (secondary N) is 7. The Hall–Kier alpha value is -6.46. The van der Waals surface area contributed by atoms with E-state index in [2.05, 4.69) is 37.2 Å². The maximum absolute atomic E-state index is 14.5. The first-order chi connectivity index (χ1) is 33.8. The van der Waals surface area contributed by atoms with Crippen LogP contribution in [0.25, 0.3) is 0 Å². The van der Waals surface area contributed by atoms with Gasteiger partial charge in [0.1, 0.15) is 48.0 Å². The van der Waals surface area contributed by atoms with E-state index in [1.807, 2.05) is 0 Å². The van der Waals surface area contributed by atoms with Crippen LogP contribution in [0.15, 0.2) is 24.3 Å². The molecular weight excluding hydrogens is 919 g/mol. The van der Waals surface area contributed by atoms with E-state index in [4.69, 9.17) is 26.1 Å². The SMILES string of the molecule is [2H]C([2H])([2H])C(C)C[C@H](NC(=O)[C@@H]1CCCN1C(=O)[C@@H]1CSCCCC(=O)N[C@@H](Cc2ccc(OC)cc2)C(=O)N[C@@H]([C@@H](C)CC)C(=O)N[C@@H](CCC(N)=O)C(=O)N[C@@H](CC(N)=O)C(=O)N1)C(=O)NCC(N)=O. The van der Waals surface area contributed by atoms with Crippen LogP contribution < -0.4 is 59.2 Å². The third-order valence-corrected chi connectivity index (χ3v) is 12.6. The molecule has 2 saturated heterocycles. The summed E-state index contributed by atoms with van der Waals surface area (Å²) in [6.07, 6.45) is -1.19. The molecule has 1 aromatic carbocycles. The van der Waals surface area contributed by atoms with Gasteiger partial charge in [0.25, 0.3) is 0 Å². The summed E-state index contributed by atoms with van der Waals surface area (Å²) in [6, 6.07) is -3.24. The second-order valence-electron chi connectivity index (χ2n) is 17.2. The number of rotatable bonds is 18. The summed E-state index contributed by atoms with van der Waals surface area (Å²) in [5.41, 5.74) is 16.7. The van der Waals surface area contributed by atoms with Crippen molar-refractivity contribution < 1.29 is 61.6 Å². The van der Waals surface area contributed by atoms with Crippen LogP contribution in [-0.2, 0) is 59.2 Å².